The summed E-state index contributed by atoms with van der Waals surface area (Å²) in [5, 5.41) is 3.92. The standard InChI is InChI=1S/C24H19BrCl2N2O3S/c1-2-32-23(31)15-8-11-18(12-9-15)29(14-16-7-10-17(26)13-21(16)27)24(33)28-22(30)19-5-3-4-6-20(19)25/h3-13H,2,14H2,1H3,(H,28,30,33). The Bertz CT molecular complexity index is 1190. The molecule has 0 aliphatic rings. The molecule has 0 aliphatic heterocycles. The summed E-state index contributed by atoms with van der Waals surface area (Å²) in [6.07, 6.45) is 0. The van der Waals surface area contributed by atoms with Gasteiger partial charge in [0.25, 0.3) is 5.91 Å². The monoisotopic (exact) mass is 564 g/mol. The number of halogens is 3. The highest BCUT2D eigenvalue weighted by atomic mass is 79.9. The molecule has 170 valence electrons. The zero-order chi connectivity index (χ0) is 24.0. The van der Waals surface area contributed by atoms with Crippen LogP contribution in [0.5, 0.6) is 0 Å². The topological polar surface area (TPSA) is 58.6 Å². The van der Waals surface area contributed by atoms with Crippen molar-refractivity contribution in [3.05, 3.63) is 97.9 Å². The summed E-state index contributed by atoms with van der Waals surface area (Å²) in [4.78, 5) is 26.6. The summed E-state index contributed by atoms with van der Waals surface area (Å²) < 4.78 is 5.69. The van der Waals surface area contributed by atoms with Gasteiger partial charge in [0.1, 0.15) is 0 Å². The number of carbonyl (C=O) groups excluding carboxylic acids is 2. The predicted octanol–water partition coefficient (Wildman–Crippen LogP) is 6.65. The average molecular weight is 566 g/mol. The maximum absolute atomic E-state index is 12.8. The molecule has 3 aromatic carbocycles. The molecule has 3 aromatic rings. The molecule has 0 bridgehead atoms. The van der Waals surface area contributed by atoms with Gasteiger partial charge in [-0.3, -0.25) is 10.1 Å². The molecule has 1 amide bonds. The lowest BCUT2D eigenvalue weighted by atomic mass is 10.1. The minimum absolute atomic E-state index is 0.172. The number of ether oxygens (including phenoxy) is 1. The summed E-state index contributed by atoms with van der Waals surface area (Å²) >= 11 is 21.4. The van der Waals surface area contributed by atoms with E-state index in [4.69, 9.17) is 40.2 Å². The SMILES string of the molecule is CCOC(=O)c1ccc(N(Cc2ccc(Cl)cc2Cl)C(=S)NC(=O)c2ccccc2Br)cc1. The number of esters is 1. The van der Waals surface area contributed by atoms with Gasteiger partial charge in [0, 0.05) is 20.2 Å². The van der Waals surface area contributed by atoms with E-state index < -0.39 is 5.97 Å². The van der Waals surface area contributed by atoms with Gasteiger partial charge in [0.2, 0.25) is 0 Å². The first-order valence-electron chi connectivity index (χ1n) is 9.88. The molecule has 1 N–H and O–H groups in total. The summed E-state index contributed by atoms with van der Waals surface area (Å²) in [7, 11) is 0. The molecular formula is C24H19BrCl2N2O3S. The maximum atomic E-state index is 12.8. The van der Waals surface area contributed by atoms with Crippen LogP contribution in [-0.2, 0) is 11.3 Å². The third-order valence-electron chi connectivity index (χ3n) is 4.62. The third-order valence-corrected chi connectivity index (χ3v) is 6.22. The second-order valence-corrected chi connectivity index (χ2v) is 8.91. The van der Waals surface area contributed by atoms with Crippen molar-refractivity contribution in [2.75, 3.05) is 11.5 Å². The van der Waals surface area contributed by atoms with E-state index in [-0.39, 0.29) is 24.2 Å². The molecule has 0 spiro atoms. The van der Waals surface area contributed by atoms with Crippen LogP contribution in [0.2, 0.25) is 10.0 Å². The van der Waals surface area contributed by atoms with Crippen LogP contribution in [0.1, 0.15) is 33.2 Å². The smallest absolute Gasteiger partial charge is 0.338 e. The highest BCUT2D eigenvalue weighted by Gasteiger charge is 2.19. The lowest BCUT2D eigenvalue weighted by molar-refractivity contribution is 0.0526. The van der Waals surface area contributed by atoms with Gasteiger partial charge < -0.3 is 9.64 Å². The molecule has 5 nitrogen and oxygen atoms in total. The molecule has 9 heteroatoms. The van der Waals surface area contributed by atoms with Gasteiger partial charge >= 0.3 is 5.97 Å². The van der Waals surface area contributed by atoms with Crippen molar-refractivity contribution >= 4 is 74.0 Å². The van der Waals surface area contributed by atoms with E-state index in [0.717, 1.165) is 5.56 Å². The van der Waals surface area contributed by atoms with Crippen molar-refractivity contribution in [2.45, 2.75) is 13.5 Å². The largest absolute Gasteiger partial charge is 0.462 e. The molecule has 0 aliphatic carbocycles. The molecule has 0 unspecified atom stereocenters. The molecule has 0 radical (unpaired) electrons. The minimum Gasteiger partial charge on any atom is -0.462 e. The number of thiocarbonyl (C=S) groups is 1. The number of anilines is 1. The molecule has 0 aromatic heterocycles. The van der Waals surface area contributed by atoms with E-state index >= 15 is 0 Å². The number of benzene rings is 3. The van der Waals surface area contributed by atoms with Crippen molar-refractivity contribution in [3.63, 3.8) is 0 Å². The van der Waals surface area contributed by atoms with Crippen molar-refractivity contribution in [3.8, 4) is 0 Å². The van der Waals surface area contributed by atoms with E-state index in [1.165, 1.54) is 0 Å². The summed E-state index contributed by atoms with van der Waals surface area (Å²) in [5.41, 5.74) is 2.27. The molecule has 0 heterocycles. The van der Waals surface area contributed by atoms with Crippen LogP contribution < -0.4 is 10.2 Å². The molecule has 0 atom stereocenters. The van der Waals surface area contributed by atoms with Crippen LogP contribution in [0.25, 0.3) is 0 Å². The van der Waals surface area contributed by atoms with Gasteiger partial charge in [-0.15, -0.1) is 0 Å². The van der Waals surface area contributed by atoms with Crippen LogP contribution in [0.4, 0.5) is 5.69 Å². The van der Waals surface area contributed by atoms with E-state index in [1.807, 2.05) is 6.07 Å². The quantitative estimate of drug-likeness (QED) is 0.268. The predicted molar refractivity (Wildman–Crippen MR) is 139 cm³/mol. The fraction of sp³-hybridized carbons (Fsp3) is 0.125. The lowest BCUT2D eigenvalue weighted by Crippen LogP contribution is -2.42. The maximum Gasteiger partial charge on any atom is 0.338 e. The molecule has 0 saturated carbocycles. The minimum atomic E-state index is -0.416. The van der Waals surface area contributed by atoms with Crippen LogP contribution >= 0.6 is 51.3 Å². The first-order valence-corrected chi connectivity index (χ1v) is 11.8. The Morgan fingerprint density at radius 1 is 1.06 bits per heavy atom. The van der Waals surface area contributed by atoms with Gasteiger partial charge in [0.05, 0.1) is 24.3 Å². The number of amides is 1. The highest BCUT2D eigenvalue weighted by molar-refractivity contribution is 9.10. The second kappa shape index (κ2) is 11.6. The van der Waals surface area contributed by atoms with Crippen LogP contribution in [0.15, 0.2) is 71.2 Å². The van der Waals surface area contributed by atoms with Gasteiger partial charge in [-0.2, -0.15) is 0 Å². The van der Waals surface area contributed by atoms with Crippen molar-refractivity contribution < 1.29 is 14.3 Å². The summed E-state index contributed by atoms with van der Waals surface area (Å²) in [6.45, 7) is 2.30. The van der Waals surface area contributed by atoms with Gasteiger partial charge in [-0.25, -0.2) is 4.79 Å². The molecular weight excluding hydrogens is 547 g/mol. The van der Waals surface area contributed by atoms with Crippen LogP contribution in [-0.4, -0.2) is 23.6 Å². The van der Waals surface area contributed by atoms with E-state index in [0.29, 0.717) is 31.3 Å². The Kier molecular flexibility index (Phi) is 8.86. The highest BCUT2D eigenvalue weighted by Crippen LogP contribution is 2.26. The van der Waals surface area contributed by atoms with E-state index in [1.54, 1.807) is 72.5 Å². The van der Waals surface area contributed by atoms with Gasteiger partial charge in [-0.05, 0) is 89.2 Å². The van der Waals surface area contributed by atoms with Crippen molar-refractivity contribution in [1.82, 2.24) is 5.32 Å². The Labute approximate surface area is 215 Å². The molecule has 3 rings (SSSR count). The number of hydrogen-bond acceptors (Lipinski definition) is 4. The zero-order valence-electron chi connectivity index (χ0n) is 17.5. The summed E-state index contributed by atoms with van der Waals surface area (Å²) in [5.74, 6) is -0.774. The Morgan fingerprint density at radius 2 is 1.76 bits per heavy atom. The Balaban J connectivity index is 1.91. The van der Waals surface area contributed by atoms with E-state index in [2.05, 4.69) is 21.2 Å². The number of hydrogen-bond donors (Lipinski definition) is 1. The fourth-order valence-corrected chi connectivity index (χ4v) is 4.17. The zero-order valence-corrected chi connectivity index (χ0v) is 21.4. The molecule has 0 saturated heterocycles. The first kappa shape index (κ1) is 25.2. The normalized spacial score (nSPS) is 10.4. The van der Waals surface area contributed by atoms with Crippen LogP contribution in [0.3, 0.4) is 0 Å². The molecule has 0 fully saturated rings. The van der Waals surface area contributed by atoms with Crippen molar-refractivity contribution in [1.29, 1.82) is 0 Å². The number of nitrogens with zero attached hydrogens (tertiary/aromatic N) is 1. The van der Waals surface area contributed by atoms with Crippen molar-refractivity contribution in [2.24, 2.45) is 0 Å². The van der Waals surface area contributed by atoms with Gasteiger partial charge in [-0.1, -0.05) is 41.4 Å². The Morgan fingerprint density at radius 3 is 2.39 bits per heavy atom. The van der Waals surface area contributed by atoms with E-state index in [9.17, 15) is 9.59 Å². The number of rotatable bonds is 6. The first-order chi connectivity index (χ1) is 15.8. The number of carbonyl (C=O) groups is 2. The van der Waals surface area contributed by atoms with Crippen LogP contribution in [0, 0.1) is 0 Å². The summed E-state index contributed by atoms with van der Waals surface area (Å²) in [6, 6.07) is 19.0. The lowest BCUT2D eigenvalue weighted by Gasteiger charge is -2.26. The fourth-order valence-electron chi connectivity index (χ4n) is 2.97. The second-order valence-electron chi connectivity index (χ2n) is 6.83. The number of nitrogens with one attached hydrogen (secondary N) is 1. The average Bonchev–Trinajstić information content (AvgIpc) is 2.79. The Hall–Kier alpha value is -2.45. The van der Waals surface area contributed by atoms with Gasteiger partial charge in [0.15, 0.2) is 5.11 Å². The molecule has 33 heavy (non-hydrogen) atoms. The third kappa shape index (κ3) is 6.54.